The van der Waals surface area contributed by atoms with E-state index in [2.05, 4.69) is 0 Å². The van der Waals surface area contributed by atoms with E-state index in [1.807, 2.05) is 0 Å². The summed E-state index contributed by atoms with van der Waals surface area (Å²) in [7, 11) is 0. The number of carboxylic acid groups (broad SMARTS) is 1. The zero-order valence-corrected chi connectivity index (χ0v) is 9.55. The molecule has 5 heteroatoms. The Hall–Kier alpha value is -2.48. The smallest absolute Gasteiger partial charge is 0.346 e. The van der Waals surface area contributed by atoms with Crippen molar-refractivity contribution >= 4 is 12.0 Å². The highest BCUT2D eigenvalue weighted by atomic mass is 16.5. The number of nitriles is 1. The first kappa shape index (κ1) is 12.0. The summed E-state index contributed by atoms with van der Waals surface area (Å²) in [5, 5.41) is 17.5. The third-order valence-electron chi connectivity index (χ3n) is 2.43. The summed E-state index contributed by atoms with van der Waals surface area (Å²) in [5.41, 5.74) is 0.280. The van der Waals surface area contributed by atoms with Crippen molar-refractivity contribution in [2.45, 2.75) is 6.42 Å². The van der Waals surface area contributed by atoms with Crippen LogP contribution in [0.2, 0.25) is 0 Å². The third-order valence-corrected chi connectivity index (χ3v) is 2.43. The van der Waals surface area contributed by atoms with E-state index in [0.29, 0.717) is 30.3 Å². The molecule has 0 fully saturated rings. The number of hydrogen-bond acceptors (Lipinski definition) is 4. The largest absolute Gasteiger partial charge is 0.490 e. The van der Waals surface area contributed by atoms with Crippen molar-refractivity contribution in [3.8, 4) is 17.6 Å². The molecule has 5 nitrogen and oxygen atoms in total. The molecule has 1 aliphatic heterocycles. The Balaban J connectivity index is 2.34. The van der Waals surface area contributed by atoms with Crippen LogP contribution in [0, 0.1) is 11.3 Å². The average molecular weight is 245 g/mol. The van der Waals surface area contributed by atoms with Crippen LogP contribution >= 0.6 is 0 Å². The normalized spacial score (nSPS) is 14.5. The fraction of sp³-hybridized carbons (Fsp3) is 0.231. The summed E-state index contributed by atoms with van der Waals surface area (Å²) in [4.78, 5) is 10.7. The van der Waals surface area contributed by atoms with E-state index in [9.17, 15) is 4.79 Å². The summed E-state index contributed by atoms with van der Waals surface area (Å²) in [6.45, 7) is 1.16. The van der Waals surface area contributed by atoms with Gasteiger partial charge in [0.1, 0.15) is 11.6 Å². The summed E-state index contributed by atoms with van der Waals surface area (Å²) < 4.78 is 10.9. The Kier molecular flexibility index (Phi) is 3.49. The van der Waals surface area contributed by atoms with E-state index in [1.165, 1.54) is 6.08 Å². The molecule has 18 heavy (non-hydrogen) atoms. The molecule has 0 amide bonds. The molecule has 0 atom stereocenters. The molecule has 1 N–H and O–H groups in total. The molecule has 0 radical (unpaired) electrons. The zero-order chi connectivity index (χ0) is 13.0. The minimum Gasteiger partial charge on any atom is -0.490 e. The Morgan fingerprint density at radius 1 is 1.33 bits per heavy atom. The van der Waals surface area contributed by atoms with E-state index in [1.54, 1.807) is 24.3 Å². The summed E-state index contributed by atoms with van der Waals surface area (Å²) >= 11 is 0. The number of hydrogen-bond donors (Lipinski definition) is 1. The fourth-order valence-electron chi connectivity index (χ4n) is 1.58. The predicted molar refractivity (Wildman–Crippen MR) is 63.3 cm³/mol. The minimum atomic E-state index is -1.25. The lowest BCUT2D eigenvalue weighted by Gasteiger charge is -2.07. The van der Waals surface area contributed by atoms with E-state index in [4.69, 9.17) is 19.8 Å². The quantitative estimate of drug-likeness (QED) is 0.635. The molecule has 0 aromatic heterocycles. The summed E-state index contributed by atoms with van der Waals surface area (Å²) in [6, 6.07) is 6.70. The maximum absolute atomic E-state index is 10.7. The van der Waals surface area contributed by atoms with Crippen LogP contribution in [0.4, 0.5) is 0 Å². The lowest BCUT2D eigenvalue weighted by Crippen LogP contribution is -1.98. The molecule has 1 aliphatic rings. The van der Waals surface area contributed by atoms with Crippen LogP contribution in [0.15, 0.2) is 23.8 Å². The molecule has 2 rings (SSSR count). The van der Waals surface area contributed by atoms with Gasteiger partial charge in [-0.25, -0.2) is 4.79 Å². The number of aliphatic carboxylic acids is 1. The van der Waals surface area contributed by atoms with Gasteiger partial charge in [-0.05, 0) is 23.8 Å². The maximum atomic E-state index is 10.7. The van der Waals surface area contributed by atoms with Crippen molar-refractivity contribution in [2.24, 2.45) is 0 Å². The third kappa shape index (κ3) is 2.61. The first-order chi connectivity index (χ1) is 8.70. The molecule has 0 saturated carbocycles. The first-order valence-corrected chi connectivity index (χ1v) is 5.45. The van der Waals surface area contributed by atoms with E-state index < -0.39 is 5.97 Å². The van der Waals surface area contributed by atoms with Crippen LogP contribution in [0.25, 0.3) is 6.08 Å². The second-order valence-electron chi connectivity index (χ2n) is 3.73. The molecule has 0 bridgehead atoms. The van der Waals surface area contributed by atoms with E-state index in [0.717, 1.165) is 6.42 Å². The van der Waals surface area contributed by atoms with Crippen molar-refractivity contribution in [1.82, 2.24) is 0 Å². The van der Waals surface area contributed by atoms with Gasteiger partial charge in [0.2, 0.25) is 0 Å². The molecular formula is C13H11NO4. The first-order valence-electron chi connectivity index (χ1n) is 5.45. The highest BCUT2D eigenvalue weighted by Gasteiger charge is 2.11. The monoisotopic (exact) mass is 245 g/mol. The molecule has 0 saturated heterocycles. The molecule has 1 heterocycles. The topological polar surface area (TPSA) is 79.5 Å². The molecular weight excluding hydrogens is 234 g/mol. The van der Waals surface area contributed by atoms with Gasteiger partial charge in [-0.3, -0.25) is 0 Å². The molecule has 1 aromatic rings. The molecule has 0 aliphatic carbocycles. The van der Waals surface area contributed by atoms with Gasteiger partial charge in [0, 0.05) is 6.42 Å². The second kappa shape index (κ2) is 5.23. The number of carboxylic acids is 1. The van der Waals surface area contributed by atoms with Gasteiger partial charge in [0.05, 0.1) is 13.2 Å². The van der Waals surface area contributed by atoms with Gasteiger partial charge in [0.25, 0.3) is 0 Å². The van der Waals surface area contributed by atoms with Gasteiger partial charge in [-0.2, -0.15) is 5.26 Å². The standard InChI is InChI=1S/C13H11NO4/c14-8-10(13(15)16)6-9-2-3-11-12(7-9)18-5-1-4-17-11/h2-3,6-7H,1,4-5H2,(H,15,16)/b10-6+. The number of benzene rings is 1. The van der Waals surface area contributed by atoms with Gasteiger partial charge in [-0.15, -0.1) is 0 Å². The van der Waals surface area contributed by atoms with Crippen molar-refractivity contribution in [3.05, 3.63) is 29.3 Å². The molecule has 92 valence electrons. The molecule has 0 unspecified atom stereocenters. The average Bonchev–Trinajstić information content (AvgIpc) is 2.60. The van der Waals surface area contributed by atoms with Gasteiger partial charge in [0.15, 0.2) is 11.5 Å². The van der Waals surface area contributed by atoms with Crippen molar-refractivity contribution < 1.29 is 19.4 Å². The Morgan fingerprint density at radius 3 is 2.72 bits per heavy atom. The maximum Gasteiger partial charge on any atom is 0.346 e. The van der Waals surface area contributed by atoms with Gasteiger partial charge >= 0.3 is 5.97 Å². The molecule has 1 aromatic carbocycles. The van der Waals surface area contributed by atoms with Crippen LogP contribution < -0.4 is 9.47 Å². The van der Waals surface area contributed by atoms with Gasteiger partial charge in [-0.1, -0.05) is 6.07 Å². The summed E-state index contributed by atoms with van der Waals surface area (Å²) in [5.74, 6) is -0.0352. The van der Waals surface area contributed by atoms with Crippen LogP contribution in [0.1, 0.15) is 12.0 Å². The number of ether oxygens (including phenoxy) is 2. The van der Waals surface area contributed by atoms with Crippen molar-refractivity contribution in [3.63, 3.8) is 0 Å². The van der Waals surface area contributed by atoms with Crippen LogP contribution in [-0.2, 0) is 4.79 Å². The zero-order valence-electron chi connectivity index (χ0n) is 9.55. The lowest BCUT2D eigenvalue weighted by atomic mass is 10.1. The van der Waals surface area contributed by atoms with Crippen molar-refractivity contribution in [1.29, 1.82) is 5.26 Å². The summed E-state index contributed by atoms with van der Waals surface area (Å²) in [6.07, 6.45) is 2.11. The fourth-order valence-corrected chi connectivity index (χ4v) is 1.58. The lowest BCUT2D eigenvalue weighted by molar-refractivity contribution is -0.132. The number of nitrogens with zero attached hydrogens (tertiary/aromatic N) is 1. The Morgan fingerprint density at radius 2 is 2.06 bits per heavy atom. The van der Waals surface area contributed by atoms with Crippen LogP contribution in [0.3, 0.4) is 0 Å². The predicted octanol–water partition coefficient (Wildman–Crippen LogP) is 1.84. The number of rotatable bonds is 2. The number of fused-ring (bicyclic) bond motifs is 1. The SMILES string of the molecule is N#C/C(=C\c1ccc2c(c1)OCCCO2)C(=O)O. The number of carbonyl (C=O) groups is 1. The Labute approximate surface area is 104 Å². The van der Waals surface area contributed by atoms with E-state index >= 15 is 0 Å². The van der Waals surface area contributed by atoms with Gasteiger partial charge < -0.3 is 14.6 Å². The molecule has 0 spiro atoms. The Bertz CT molecular complexity index is 542. The minimum absolute atomic E-state index is 0.315. The highest BCUT2D eigenvalue weighted by Crippen LogP contribution is 2.31. The second-order valence-corrected chi connectivity index (χ2v) is 3.73. The highest BCUT2D eigenvalue weighted by molar-refractivity contribution is 5.96. The van der Waals surface area contributed by atoms with Crippen molar-refractivity contribution in [2.75, 3.05) is 13.2 Å². The van der Waals surface area contributed by atoms with Crippen LogP contribution in [-0.4, -0.2) is 24.3 Å². The van der Waals surface area contributed by atoms with Crippen LogP contribution in [0.5, 0.6) is 11.5 Å². The van der Waals surface area contributed by atoms with E-state index in [-0.39, 0.29) is 5.57 Å².